The summed E-state index contributed by atoms with van der Waals surface area (Å²) in [6.07, 6.45) is 3.08. The topological polar surface area (TPSA) is 135 Å². The highest BCUT2D eigenvalue weighted by atomic mass is 16.5. The van der Waals surface area contributed by atoms with Crippen molar-refractivity contribution in [2.24, 2.45) is 0 Å². The number of imide groups is 2. The molecule has 4 atom stereocenters. The lowest BCUT2D eigenvalue weighted by molar-refractivity contribution is -0.123. The highest BCUT2D eigenvalue weighted by molar-refractivity contribution is 6.13. The molecule has 2 saturated heterocycles. The zero-order chi connectivity index (χ0) is 30.9. The van der Waals surface area contributed by atoms with E-state index in [-0.39, 0.29) is 17.9 Å². The number of hydrogen-bond acceptors (Lipinski definition) is 6. The maximum atomic E-state index is 13.5. The fraction of sp³-hybridized carbons (Fsp3) is 0.222. The molecule has 2 saturated carbocycles. The number of urea groups is 2. The molecule has 4 aromatic carbocycles. The fourth-order valence-electron chi connectivity index (χ4n) is 7.89. The first-order chi connectivity index (χ1) is 22.3. The van der Waals surface area contributed by atoms with Crippen molar-refractivity contribution >= 4 is 23.9 Å². The molecule has 6 aliphatic rings. The van der Waals surface area contributed by atoms with Crippen LogP contribution in [0.3, 0.4) is 0 Å². The largest absolute Gasteiger partial charge is 0.490 e. The Kier molecular flexibility index (Phi) is 4.76. The van der Waals surface area contributed by atoms with Gasteiger partial charge in [-0.25, -0.2) is 9.59 Å². The lowest BCUT2D eigenvalue weighted by Gasteiger charge is -2.34. The van der Waals surface area contributed by atoms with Crippen molar-refractivity contribution in [2.75, 3.05) is 0 Å². The molecule has 0 radical (unpaired) electrons. The predicted octanol–water partition coefficient (Wildman–Crippen LogP) is 4.75. The van der Waals surface area contributed by atoms with Gasteiger partial charge in [-0.15, -0.1) is 0 Å². The SMILES string of the molecule is O=C1NC(=O)C2(N1)c1ccccc1Oc1ccc(C3CC3c3ccc4c(c3)C3(NC(=O)NC3=O)c3cc(OC5CC5)ccc3-4)cc12. The quantitative estimate of drug-likeness (QED) is 0.247. The van der Waals surface area contributed by atoms with Gasteiger partial charge in [0, 0.05) is 16.7 Å². The van der Waals surface area contributed by atoms with E-state index in [0.717, 1.165) is 47.1 Å². The number of carbonyl (C=O) groups is 4. The molecular formula is C36H26N4O6. The molecule has 4 N–H and O–H groups in total. The molecule has 3 aliphatic carbocycles. The first kappa shape index (κ1) is 25.7. The number of amides is 6. The van der Waals surface area contributed by atoms with Gasteiger partial charge in [-0.3, -0.25) is 20.2 Å². The van der Waals surface area contributed by atoms with Gasteiger partial charge < -0.3 is 20.1 Å². The van der Waals surface area contributed by atoms with Gasteiger partial charge >= 0.3 is 12.1 Å². The van der Waals surface area contributed by atoms with Gasteiger partial charge in [-0.2, -0.15) is 0 Å². The number of benzene rings is 4. The standard InChI is InChI=1S/C36H26N4O6/c41-31-35(39-33(43)37-31)25-3-1-2-4-29(25)46-30-12-6-18(14-28(30)35)24-16-23(24)17-5-10-21-22-11-9-20(45-19-7-8-19)15-27(22)36(26(21)13-17)32(42)38-34(44)40-36/h1-6,9-15,19,23-24H,7-8,16H2,(H2,37,39,41,43)(H2,38,40,42,44). The van der Waals surface area contributed by atoms with Crippen LogP contribution in [0.25, 0.3) is 11.1 Å². The van der Waals surface area contributed by atoms with E-state index < -0.39 is 35.0 Å². The Balaban J connectivity index is 1.02. The molecular weight excluding hydrogens is 584 g/mol. The number of nitrogens with one attached hydrogen (secondary N) is 4. The third-order valence-corrected chi connectivity index (χ3v) is 10.3. The van der Waals surface area contributed by atoms with Crippen molar-refractivity contribution < 1.29 is 28.7 Å². The molecule has 10 rings (SSSR count). The van der Waals surface area contributed by atoms with E-state index in [1.165, 1.54) is 0 Å². The molecule has 3 aliphatic heterocycles. The highest BCUT2D eigenvalue weighted by Crippen LogP contribution is 2.59. The van der Waals surface area contributed by atoms with Crippen molar-refractivity contribution in [1.82, 2.24) is 21.3 Å². The van der Waals surface area contributed by atoms with Crippen LogP contribution < -0.4 is 30.7 Å². The molecule has 4 fully saturated rings. The van der Waals surface area contributed by atoms with Crippen LogP contribution in [0.2, 0.25) is 0 Å². The zero-order valence-electron chi connectivity index (χ0n) is 24.3. The summed E-state index contributed by atoms with van der Waals surface area (Å²) < 4.78 is 12.2. The van der Waals surface area contributed by atoms with Gasteiger partial charge in [0.2, 0.25) is 0 Å². The molecule has 0 aromatic heterocycles. The van der Waals surface area contributed by atoms with E-state index in [0.29, 0.717) is 33.9 Å². The van der Waals surface area contributed by atoms with Crippen LogP contribution in [0.5, 0.6) is 17.2 Å². The van der Waals surface area contributed by atoms with Crippen LogP contribution in [0.15, 0.2) is 78.9 Å². The summed E-state index contributed by atoms with van der Waals surface area (Å²) in [7, 11) is 0. The van der Waals surface area contributed by atoms with Gasteiger partial charge in [-0.1, -0.05) is 48.5 Å². The third kappa shape index (κ3) is 3.30. The highest BCUT2D eigenvalue weighted by Gasteiger charge is 2.57. The Morgan fingerprint density at radius 1 is 0.630 bits per heavy atom. The molecule has 4 aromatic rings. The summed E-state index contributed by atoms with van der Waals surface area (Å²) in [5.41, 5.74) is 3.80. The summed E-state index contributed by atoms with van der Waals surface area (Å²) in [5, 5.41) is 10.7. The monoisotopic (exact) mass is 610 g/mol. The van der Waals surface area contributed by atoms with Crippen molar-refractivity contribution in [3.8, 4) is 28.4 Å². The van der Waals surface area contributed by atoms with E-state index in [1.54, 1.807) is 12.1 Å². The van der Waals surface area contributed by atoms with Crippen LogP contribution in [0.4, 0.5) is 9.59 Å². The van der Waals surface area contributed by atoms with E-state index in [4.69, 9.17) is 9.47 Å². The third-order valence-electron chi connectivity index (χ3n) is 10.3. The predicted molar refractivity (Wildman–Crippen MR) is 163 cm³/mol. The lowest BCUT2D eigenvalue weighted by Crippen LogP contribution is -2.46. The molecule has 46 heavy (non-hydrogen) atoms. The summed E-state index contributed by atoms with van der Waals surface area (Å²) >= 11 is 0. The van der Waals surface area contributed by atoms with Gasteiger partial charge in [0.15, 0.2) is 11.1 Å². The van der Waals surface area contributed by atoms with E-state index >= 15 is 0 Å². The Hall–Kier alpha value is -5.64. The number of rotatable bonds is 4. The van der Waals surface area contributed by atoms with E-state index in [9.17, 15) is 19.2 Å². The molecule has 3 heterocycles. The molecule has 226 valence electrons. The molecule has 10 nitrogen and oxygen atoms in total. The first-order valence-corrected chi connectivity index (χ1v) is 15.5. The maximum absolute atomic E-state index is 13.5. The molecule has 6 amide bonds. The molecule has 0 bridgehead atoms. The maximum Gasteiger partial charge on any atom is 0.322 e. The van der Waals surface area contributed by atoms with E-state index in [1.807, 2.05) is 54.6 Å². The number of ether oxygens (including phenoxy) is 2. The van der Waals surface area contributed by atoms with Crippen molar-refractivity contribution in [3.05, 3.63) is 112 Å². The normalized spacial score (nSPS) is 27.6. The fourth-order valence-corrected chi connectivity index (χ4v) is 7.89. The van der Waals surface area contributed by atoms with E-state index in [2.05, 4.69) is 33.4 Å². The van der Waals surface area contributed by atoms with Gasteiger partial charge in [0.05, 0.1) is 6.10 Å². The average molecular weight is 611 g/mol. The Labute approximate surface area is 262 Å². The van der Waals surface area contributed by atoms with Crippen LogP contribution in [0, 0.1) is 0 Å². The zero-order valence-corrected chi connectivity index (χ0v) is 24.3. The average Bonchev–Trinajstić information content (AvgIpc) is 3.96. The summed E-state index contributed by atoms with van der Waals surface area (Å²) in [4.78, 5) is 52.0. The van der Waals surface area contributed by atoms with Crippen LogP contribution >= 0.6 is 0 Å². The summed E-state index contributed by atoms with van der Waals surface area (Å²) in [5.74, 6) is 1.18. The van der Waals surface area contributed by atoms with Gasteiger partial charge in [0.1, 0.15) is 17.2 Å². The Morgan fingerprint density at radius 2 is 1.22 bits per heavy atom. The summed E-state index contributed by atoms with van der Waals surface area (Å²) in [6.45, 7) is 0. The van der Waals surface area contributed by atoms with Crippen molar-refractivity contribution in [1.29, 1.82) is 0 Å². The second-order valence-electron chi connectivity index (χ2n) is 12.9. The molecule has 4 unspecified atom stereocenters. The van der Waals surface area contributed by atoms with Crippen molar-refractivity contribution in [3.63, 3.8) is 0 Å². The Morgan fingerprint density at radius 3 is 1.89 bits per heavy atom. The first-order valence-electron chi connectivity index (χ1n) is 15.5. The van der Waals surface area contributed by atoms with Crippen LogP contribution in [0.1, 0.15) is 64.5 Å². The van der Waals surface area contributed by atoms with Gasteiger partial charge in [-0.05, 0) is 89.2 Å². The summed E-state index contributed by atoms with van der Waals surface area (Å²) in [6, 6.07) is 24.0. The van der Waals surface area contributed by atoms with Crippen molar-refractivity contribution in [2.45, 2.75) is 48.3 Å². The van der Waals surface area contributed by atoms with Crippen LogP contribution in [-0.2, 0) is 20.7 Å². The van der Waals surface area contributed by atoms with Crippen LogP contribution in [-0.4, -0.2) is 30.0 Å². The second kappa shape index (κ2) is 8.54. The molecule has 10 heteroatoms. The smallest absolute Gasteiger partial charge is 0.322 e. The number of para-hydroxylation sites is 1. The lowest BCUT2D eigenvalue weighted by atomic mass is 9.79. The van der Waals surface area contributed by atoms with Gasteiger partial charge in [0.25, 0.3) is 11.8 Å². The molecule has 2 spiro atoms. The minimum atomic E-state index is -1.39. The number of fused-ring (bicyclic) bond motifs is 9. The number of hydrogen-bond donors (Lipinski definition) is 4. The minimum absolute atomic E-state index is 0.142. The second-order valence-corrected chi connectivity index (χ2v) is 12.9. The Bertz CT molecular complexity index is 2120. The minimum Gasteiger partial charge on any atom is -0.490 e. The number of carbonyl (C=O) groups excluding carboxylic acids is 4.